The number of hydrogen-bond acceptors (Lipinski definition) is 9. The van der Waals surface area contributed by atoms with Gasteiger partial charge in [-0.3, -0.25) is 4.79 Å². The van der Waals surface area contributed by atoms with Crippen LogP contribution in [0.5, 0.6) is 0 Å². The maximum Gasteiger partial charge on any atom is 0.240 e. The molecule has 0 aromatic carbocycles. The van der Waals surface area contributed by atoms with E-state index in [4.69, 9.17) is 21.1 Å². The number of carbonyl (C=O) groups is 1. The summed E-state index contributed by atoms with van der Waals surface area (Å²) < 4.78 is 11.9. The van der Waals surface area contributed by atoms with E-state index in [-0.39, 0.29) is 17.9 Å². The second-order valence-corrected chi connectivity index (χ2v) is 10.3. The molecule has 0 aromatic heterocycles. The van der Waals surface area contributed by atoms with Crippen LogP contribution in [0.1, 0.15) is 20.3 Å². The Morgan fingerprint density at radius 3 is 2.71 bits per heavy atom. The van der Waals surface area contributed by atoms with Crippen LogP contribution in [0.15, 0.2) is 0 Å². The molecule has 3 rings (SSSR count). The number of hydrogen-bond donors (Lipinski definition) is 5. The van der Waals surface area contributed by atoms with E-state index >= 15 is 0 Å². The smallest absolute Gasteiger partial charge is 0.240 e. The molecule has 9 nitrogen and oxygen atoms in total. The third-order valence-electron chi connectivity index (χ3n) is 6.42. The van der Waals surface area contributed by atoms with E-state index in [0.29, 0.717) is 13.2 Å². The van der Waals surface area contributed by atoms with E-state index in [0.717, 1.165) is 26.1 Å². The number of fused-ring (bicyclic) bond motifs is 1. The Kier molecular flexibility index (Phi) is 9.28. The molecule has 0 aromatic rings. The van der Waals surface area contributed by atoms with Gasteiger partial charge in [0.25, 0.3) is 0 Å². The first-order valence-electron chi connectivity index (χ1n) is 11.0. The van der Waals surface area contributed by atoms with Crippen molar-refractivity contribution in [3.63, 3.8) is 0 Å². The van der Waals surface area contributed by atoms with Gasteiger partial charge in [0.05, 0.1) is 24.1 Å². The van der Waals surface area contributed by atoms with Crippen molar-refractivity contribution < 1.29 is 29.6 Å². The normalized spacial score (nSPS) is 41.3. The lowest BCUT2D eigenvalue weighted by molar-refractivity contribution is -0.205. The van der Waals surface area contributed by atoms with Gasteiger partial charge in [-0.2, -0.15) is 0 Å². The van der Waals surface area contributed by atoms with Crippen molar-refractivity contribution in [2.45, 2.75) is 73.7 Å². The fourth-order valence-corrected chi connectivity index (χ4v) is 5.65. The maximum atomic E-state index is 13.2. The van der Waals surface area contributed by atoms with Crippen molar-refractivity contribution >= 4 is 29.3 Å². The van der Waals surface area contributed by atoms with Crippen LogP contribution in [0.2, 0.25) is 0 Å². The number of nitrogens with zero attached hydrogens (tertiary/aromatic N) is 1. The summed E-state index contributed by atoms with van der Waals surface area (Å²) in [6.07, 6.45) is -2.39. The number of rotatable bonds is 7. The molecule has 3 heterocycles. The molecule has 3 unspecified atom stereocenters. The predicted molar refractivity (Wildman–Crippen MR) is 119 cm³/mol. The van der Waals surface area contributed by atoms with Gasteiger partial charge in [-0.1, -0.05) is 6.92 Å². The molecular weight excluding hydrogens is 446 g/mol. The number of aliphatic hydroxyl groups is 3. The molecule has 180 valence electrons. The van der Waals surface area contributed by atoms with Crippen molar-refractivity contribution in [2.24, 2.45) is 5.92 Å². The molecule has 0 radical (unpaired) electrons. The number of aliphatic hydroxyl groups excluding tert-OH is 3. The molecule has 11 heteroatoms. The highest BCUT2D eigenvalue weighted by atomic mass is 35.5. The summed E-state index contributed by atoms with van der Waals surface area (Å²) in [5, 5.41) is 36.5. The van der Waals surface area contributed by atoms with Crippen molar-refractivity contribution in [2.75, 3.05) is 39.0 Å². The molecule has 0 spiro atoms. The fraction of sp³-hybridized carbons (Fsp3) is 0.950. The first-order valence-corrected chi connectivity index (χ1v) is 12.7. The lowest BCUT2D eigenvalue weighted by Gasteiger charge is -2.44. The molecule has 31 heavy (non-hydrogen) atoms. The van der Waals surface area contributed by atoms with E-state index in [1.165, 1.54) is 11.8 Å². The van der Waals surface area contributed by atoms with Crippen molar-refractivity contribution in [3.05, 3.63) is 0 Å². The Bertz CT molecular complexity index is 603. The number of ether oxygens (including phenoxy) is 2. The summed E-state index contributed by atoms with van der Waals surface area (Å²) in [5.74, 6) is -0.0582. The molecule has 0 aliphatic carbocycles. The third-order valence-corrected chi connectivity index (χ3v) is 7.55. The van der Waals surface area contributed by atoms with Gasteiger partial charge in [0, 0.05) is 25.6 Å². The van der Waals surface area contributed by atoms with Crippen LogP contribution in [-0.4, -0.2) is 119 Å². The van der Waals surface area contributed by atoms with E-state index in [2.05, 4.69) is 22.5 Å². The number of halogens is 1. The van der Waals surface area contributed by atoms with Crippen molar-refractivity contribution in [3.8, 4) is 0 Å². The minimum atomic E-state index is -1.39. The van der Waals surface area contributed by atoms with Crippen LogP contribution < -0.4 is 10.6 Å². The topological polar surface area (TPSA) is 124 Å². The van der Waals surface area contributed by atoms with Crippen molar-refractivity contribution in [1.82, 2.24) is 15.5 Å². The molecule has 3 fully saturated rings. The van der Waals surface area contributed by atoms with Gasteiger partial charge in [0.15, 0.2) is 0 Å². The van der Waals surface area contributed by atoms with Gasteiger partial charge in [0.2, 0.25) is 5.91 Å². The summed E-state index contributed by atoms with van der Waals surface area (Å²) in [6, 6.07) is -1.29. The quantitative estimate of drug-likeness (QED) is 0.290. The van der Waals surface area contributed by atoms with Crippen LogP contribution in [0.25, 0.3) is 0 Å². The Morgan fingerprint density at radius 1 is 1.32 bits per heavy atom. The minimum Gasteiger partial charge on any atom is -0.388 e. The number of alkyl halides is 1. The Hall–Kier alpha value is -0.170. The molecule has 3 saturated heterocycles. The standard InChI is InChI=1S/C20H36ClN3O6S/c1-4-5-24-6-7-29-17-11(9-24)8-22-13(17)19(28)23-12(10(2)21)18-15(26)14(25)16(27)20(30-18)31-3/h10-18,20,22,25-27H,4-9H2,1-3H3,(H,23,28)/t10-,11+,12+,13-,14?,15?,16+,17+,18+,20?/m0/s1. The van der Waals surface area contributed by atoms with Crippen LogP contribution in [0.4, 0.5) is 0 Å². The second kappa shape index (κ2) is 11.3. The lowest BCUT2D eigenvalue weighted by atomic mass is 9.92. The highest BCUT2D eigenvalue weighted by molar-refractivity contribution is 7.99. The van der Waals surface area contributed by atoms with Gasteiger partial charge >= 0.3 is 0 Å². The summed E-state index contributed by atoms with van der Waals surface area (Å²) in [7, 11) is 0. The fourth-order valence-electron chi connectivity index (χ4n) is 4.76. The highest BCUT2D eigenvalue weighted by Gasteiger charge is 2.49. The van der Waals surface area contributed by atoms with Crippen LogP contribution >= 0.6 is 23.4 Å². The van der Waals surface area contributed by atoms with E-state index in [1.54, 1.807) is 13.2 Å². The van der Waals surface area contributed by atoms with Crippen LogP contribution in [0.3, 0.4) is 0 Å². The summed E-state index contributed by atoms with van der Waals surface area (Å²) >= 11 is 7.59. The van der Waals surface area contributed by atoms with E-state index in [1.807, 2.05) is 0 Å². The number of carbonyl (C=O) groups excluding carboxylic acids is 1. The van der Waals surface area contributed by atoms with Crippen LogP contribution in [0, 0.1) is 5.92 Å². The zero-order valence-corrected chi connectivity index (χ0v) is 19.9. The average molecular weight is 482 g/mol. The molecule has 0 bridgehead atoms. The Balaban J connectivity index is 1.68. The summed E-state index contributed by atoms with van der Waals surface area (Å²) in [5.41, 5.74) is -0.734. The minimum absolute atomic E-state index is 0.214. The van der Waals surface area contributed by atoms with E-state index < -0.39 is 47.3 Å². The molecular formula is C20H36ClN3O6S. The predicted octanol–water partition coefficient (Wildman–Crippen LogP) is -1.03. The molecule has 10 atom stereocenters. The van der Waals surface area contributed by atoms with Gasteiger partial charge in [-0.05, 0) is 26.1 Å². The molecule has 3 aliphatic heterocycles. The third kappa shape index (κ3) is 5.67. The number of amides is 1. The molecule has 1 amide bonds. The van der Waals surface area contributed by atoms with E-state index in [9.17, 15) is 20.1 Å². The molecule has 5 N–H and O–H groups in total. The summed E-state index contributed by atoms with van der Waals surface area (Å²) in [6.45, 7) is 7.86. The van der Waals surface area contributed by atoms with Crippen LogP contribution in [-0.2, 0) is 14.3 Å². The Labute approximate surface area is 193 Å². The number of thioether (sulfide) groups is 1. The largest absolute Gasteiger partial charge is 0.388 e. The maximum absolute atomic E-state index is 13.2. The molecule has 0 saturated carbocycles. The monoisotopic (exact) mass is 481 g/mol. The van der Waals surface area contributed by atoms with Gasteiger partial charge in [0.1, 0.15) is 35.9 Å². The zero-order chi connectivity index (χ0) is 22.7. The first kappa shape index (κ1) is 25.5. The average Bonchev–Trinajstić information content (AvgIpc) is 3.02. The SMILES string of the molecule is CCCN1CCO[C@@H]2[C@H](CN[C@@H]2C(=O)N[C@H]([C@H](C)Cl)[C@H]2OC(SC)[C@H](O)C(O)C2O)C1. The molecule has 3 aliphatic rings. The highest BCUT2D eigenvalue weighted by Crippen LogP contribution is 2.30. The van der Waals surface area contributed by atoms with Gasteiger partial charge < -0.3 is 40.3 Å². The number of nitrogens with one attached hydrogen (secondary N) is 2. The first-order chi connectivity index (χ1) is 14.8. The van der Waals surface area contributed by atoms with Crippen molar-refractivity contribution in [1.29, 1.82) is 0 Å². The Morgan fingerprint density at radius 2 is 2.06 bits per heavy atom. The van der Waals surface area contributed by atoms with Gasteiger partial charge in [-0.15, -0.1) is 23.4 Å². The second-order valence-electron chi connectivity index (χ2n) is 8.67. The summed E-state index contributed by atoms with van der Waals surface area (Å²) in [4.78, 5) is 15.6. The zero-order valence-electron chi connectivity index (χ0n) is 18.3. The van der Waals surface area contributed by atoms with Gasteiger partial charge in [-0.25, -0.2) is 0 Å². The lowest BCUT2D eigenvalue weighted by Crippen LogP contribution is -2.65.